The Morgan fingerprint density at radius 3 is 2.69 bits per heavy atom. The largest absolute Gasteiger partial charge is 0.455 e. The van der Waals surface area contributed by atoms with Gasteiger partial charge in [0.15, 0.2) is 0 Å². The number of hydrazone groups is 1. The summed E-state index contributed by atoms with van der Waals surface area (Å²) in [6.45, 7) is 0. The minimum absolute atomic E-state index is 0.0390. The zero-order valence-electron chi connectivity index (χ0n) is 13.4. The van der Waals surface area contributed by atoms with Crippen molar-refractivity contribution in [3.05, 3.63) is 76.5 Å². The summed E-state index contributed by atoms with van der Waals surface area (Å²) in [5, 5.41) is 14.8. The number of nitro benzene ring substituents is 1. The predicted molar refractivity (Wildman–Crippen MR) is 98.1 cm³/mol. The molecule has 4 rings (SSSR count). The van der Waals surface area contributed by atoms with E-state index in [4.69, 9.17) is 4.42 Å². The molecule has 2 aromatic carbocycles. The molecule has 2 heterocycles. The highest BCUT2D eigenvalue weighted by Gasteiger charge is 2.08. The van der Waals surface area contributed by atoms with E-state index >= 15 is 0 Å². The molecule has 0 aliphatic rings. The number of fused-ring (bicyclic) bond motifs is 1. The molecule has 4 aromatic rings. The van der Waals surface area contributed by atoms with Crippen molar-refractivity contribution < 1.29 is 9.34 Å². The van der Waals surface area contributed by atoms with Crippen molar-refractivity contribution in [2.45, 2.75) is 0 Å². The smallest absolute Gasteiger partial charge is 0.269 e. The van der Waals surface area contributed by atoms with Crippen LogP contribution in [0.1, 0.15) is 5.76 Å². The number of hydrogen-bond donors (Lipinski definition) is 2. The molecule has 0 radical (unpaired) electrons. The first-order chi connectivity index (χ1) is 12.7. The lowest BCUT2D eigenvalue weighted by molar-refractivity contribution is -0.384. The maximum absolute atomic E-state index is 10.7. The fraction of sp³-hybridized carbons (Fsp3) is 0. The third-order valence-electron chi connectivity index (χ3n) is 3.74. The lowest BCUT2D eigenvalue weighted by atomic mass is 10.1. The van der Waals surface area contributed by atoms with Gasteiger partial charge in [-0.1, -0.05) is 12.1 Å². The topological polar surface area (TPSA) is 109 Å². The molecular formula is C18H13N5O3. The number of para-hydroxylation sites is 2. The van der Waals surface area contributed by atoms with Crippen LogP contribution in [0.4, 0.5) is 11.6 Å². The average Bonchev–Trinajstić information content (AvgIpc) is 3.28. The molecule has 8 nitrogen and oxygen atoms in total. The second-order valence-electron chi connectivity index (χ2n) is 5.48. The van der Waals surface area contributed by atoms with Crippen LogP contribution in [-0.2, 0) is 0 Å². The van der Waals surface area contributed by atoms with Gasteiger partial charge in [-0.25, -0.2) is 10.4 Å². The third-order valence-corrected chi connectivity index (χ3v) is 3.74. The Balaban J connectivity index is 1.45. The Kier molecular flexibility index (Phi) is 3.91. The molecule has 0 spiro atoms. The van der Waals surface area contributed by atoms with Gasteiger partial charge in [0.2, 0.25) is 5.95 Å². The van der Waals surface area contributed by atoms with E-state index in [-0.39, 0.29) is 5.69 Å². The fourth-order valence-corrected chi connectivity index (χ4v) is 2.49. The number of aromatic nitrogens is 2. The van der Waals surface area contributed by atoms with Gasteiger partial charge in [0.25, 0.3) is 5.69 Å². The quantitative estimate of drug-likeness (QED) is 0.320. The second kappa shape index (κ2) is 6.52. The molecule has 0 fully saturated rings. The van der Waals surface area contributed by atoms with Gasteiger partial charge >= 0.3 is 0 Å². The van der Waals surface area contributed by atoms with Crippen LogP contribution in [0.2, 0.25) is 0 Å². The molecule has 128 valence electrons. The molecule has 0 atom stereocenters. The number of benzene rings is 2. The van der Waals surface area contributed by atoms with Crippen LogP contribution in [0, 0.1) is 10.1 Å². The van der Waals surface area contributed by atoms with Crippen molar-refractivity contribution in [2.24, 2.45) is 5.10 Å². The Morgan fingerprint density at radius 1 is 1.12 bits per heavy atom. The predicted octanol–water partition coefficient (Wildman–Crippen LogP) is 4.18. The molecule has 2 aromatic heterocycles. The van der Waals surface area contributed by atoms with E-state index in [1.54, 1.807) is 24.3 Å². The molecule has 0 saturated heterocycles. The summed E-state index contributed by atoms with van der Waals surface area (Å²) in [4.78, 5) is 17.7. The van der Waals surface area contributed by atoms with Gasteiger partial charge in [-0.15, -0.1) is 0 Å². The highest BCUT2D eigenvalue weighted by molar-refractivity contribution is 5.79. The molecule has 0 unspecified atom stereocenters. The minimum Gasteiger partial charge on any atom is -0.455 e. The van der Waals surface area contributed by atoms with Gasteiger partial charge in [-0.05, 0) is 36.4 Å². The van der Waals surface area contributed by atoms with Gasteiger partial charge in [-0.2, -0.15) is 5.10 Å². The Hall–Kier alpha value is -3.94. The van der Waals surface area contributed by atoms with Crippen molar-refractivity contribution in [1.82, 2.24) is 9.97 Å². The van der Waals surface area contributed by atoms with Gasteiger partial charge in [0.05, 0.1) is 22.2 Å². The molecule has 0 bridgehead atoms. The molecule has 0 aliphatic heterocycles. The Labute approximate surface area is 147 Å². The lowest BCUT2D eigenvalue weighted by Gasteiger charge is -1.96. The fourth-order valence-electron chi connectivity index (χ4n) is 2.49. The standard InChI is InChI=1S/C18H13N5O3/c24-23(25)13-7-5-12(6-8-13)17-10-9-14(26-17)11-19-22-18-20-15-3-1-2-4-16(15)21-18/h1-11H,(H2,20,21,22)/b19-11-. The number of non-ortho nitro benzene ring substituents is 1. The van der Waals surface area contributed by atoms with E-state index in [2.05, 4.69) is 20.5 Å². The summed E-state index contributed by atoms with van der Waals surface area (Å²) in [5.41, 5.74) is 5.38. The van der Waals surface area contributed by atoms with Crippen LogP contribution in [0.25, 0.3) is 22.4 Å². The molecule has 26 heavy (non-hydrogen) atoms. The van der Waals surface area contributed by atoms with E-state index in [0.29, 0.717) is 17.5 Å². The maximum atomic E-state index is 10.7. The van der Waals surface area contributed by atoms with Gasteiger partial charge in [-0.3, -0.25) is 10.1 Å². The zero-order valence-corrected chi connectivity index (χ0v) is 13.4. The van der Waals surface area contributed by atoms with E-state index < -0.39 is 4.92 Å². The van der Waals surface area contributed by atoms with Crippen LogP contribution in [0.15, 0.2) is 70.2 Å². The van der Waals surface area contributed by atoms with E-state index in [1.807, 2.05) is 24.3 Å². The number of rotatable bonds is 5. The molecule has 0 amide bonds. The highest BCUT2D eigenvalue weighted by atomic mass is 16.6. The van der Waals surface area contributed by atoms with Crippen LogP contribution in [0.3, 0.4) is 0 Å². The summed E-state index contributed by atoms with van der Waals surface area (Å²) in [5.74, 6) is 1.68. The maximum Gasteiger partial charge on any atom is 0.269 e. The number of nitrogens with zero attached hydrogens (tertiary/aromatic N) is 3. The number of furan rings is 1. The first-order valence-corrected chi connectivity index (χ1v) is 7.77. The number of H-pyrrole nitrogens is 1. The van der Waals surface area contributed by atoms with Crippen molar-refractivity contribution >= 4 is 28.9 Å². The van der Waals surface area contributed by atoms with Crippen LogP contribution < -0.4 is 5.43 Å². The number of aromatic amines is 1. The average molecular weight is 347 g/mol. The van der Waals surface area contributed by atoms with Gasteiger partial charge in [0.1, 0.15) is 11.5 Å². The van der Waals surface area contributed by atoms with E-state index in [9.17, 15) is 10.1 Å². The van der Waals surface area contributed by atoms with Crippen molar-refractivity contribution in [3.8, 4) is 11.3 Å². The van der Waals surface area contributed by atoms with E-state index in [1.165, 1.54) is 18.3 Å². The molecule has 8 heteroatoms. The monoisotopic (exact) mass is 347 g/mol. The SMILES string of the molecule is O=[N+]([O-])c1ccc(-c2ccc(/C=N\Nc3nc4ccccc4[nH]3)o2)cc1. The van der Waals surface area contributed by atoms with Gasteiger partial charge < -0.3 is 9.40 Å². The van der Waals surface area contributed by atoms with Crippen molar-refractivity contribution in [1.29, 1.82) is 0 Å². The summed E-state index contributed by atoms with van der Waals surface area (Å²) in [6, 6.07) is 17.4. The molecule has 2 N–H and O–H groups in total. The Morgan fingerprint density at radius 2 is 1.92 bits per heavy atom. The summed E-state index contributed by atoms with van der Waals surface area (Å²) >= 11 is 0. The summed E-state index contributed by atoms with van der Waals surface area (Å²) in [7, 11) is 0. The summed E-state index contributed by atoms with van der Waals surface area (Å²) < 4.78 is 5.68. The lowest BCUT2D eigenvalue weighted by Crippen LogP contribution is -1.91. The third kappa shape index (κ3) is 3.16. The van der Waals surface area contributed by atoms with Crippen molar-refractivity contribution in [3.63, 3.8) is 0 Å². The first-order valence-electron chi connectivity index (χ1n) is 7.77. The second-order valence-corrected chi connectivity index (χ2v) is 5.48. The molecule has 0 saturated carbocycles. The number of nitrogens with one attached hydrogen (secondary N) is 2. The molecule has 0 aliphatic carbocycles. The van der Waals surface area contributed by atoms with Gasteiger partial charge in [0, 0.05) is 17.7 Å². The van der Waals surface area contributed by atoms with Crippen LogP contribution in [0.5, 0.6) is 0 Å². The van der Waals surface area contributed by atoms with Crippen molar-refractivity contribution in [2.75, 3.05) is 5.43 Å². The molecular weight excluding hydrogens is 334 g/mol. The minimum atomic E-state index is -0.437. The van der Waals surface area contributed by atoms with Crippen LogP contribution in [-0.4, -0.2) is 21.1 Å². The first kappa shape index (κ1) is 15.6. The van der Waals surface area contributed by atoms with Crippen LogP contribution >= 0.6 is 0 Å². The number of imidazole rings is 1. The summed E-state index contributed by atoms with van der Waals surface area (Å²) in [6.07, 6.45) is 1.53. The van der Waals surface area contributed by atoms with E-state index in [0.717, 1.165) is 16.6 Å². The zero-order chi connectivity index (χ0) is 17.9. The Bertz CT molecular complexity index is 1060. The normalized spacial score (nSPS) is 11.2. The number of anilines is 1. The number of nitro groups is 1. The number of hydrogen-bond acceptors (Lipinski definition) is 6. The highest BCUT2D eigenvalue weighted by Crippen LogP contribution is 2.24.